The molecule has 0 spiro atoms. The van der Waals surface area contributed by atoms with Gasteiger partial charge in [0.2, 0.25) is 5.91 Å². The number of carboxylic acid groups (broad SMARTS) is 1. The summed E-state index contributed by atoms with van der Waals surface area (Å²) in [5, 5.41) is 14.8. The second kappa shape index (κ2) is 16.7. The summed E-state index contributed by atoms with van der Waals surface area (Å²) in [6.07, 6.45) is 11.2. The first kappa shape index (κ1) is 24.2. The minimum absolute atomic E-state index is 0.0721. The molecule has 0 saturated heterocycles. The van der Waals surface area contributed by atoms with E-state index in [0.29, 0.717) is 13.0 Å². The maximum Gasteiger partial charge on any atom is 0.327 e. The molecule has 0 aromatic rings. The van der Waals surface area contributed by atoms with Crippen LogP contribution in [0.3, 0.4) is 0 Å². The van der Waals surface area contributed by atoms with Crippen molar-refractivity contribution in [3.8, 4) is 0 Å². The molecule has 148 valence electrons. The molecule has 6 nitrogen and oxygen atoms in total. The lowest BCUT2D eigenvalue weighted by molar-refractivity contribution is -0.141. The Balaban J connectivity index is 4.05. The highest BCUT2D eigenvalue weighted by molar-refractivity contribution is 7.80. The van der Waals surface area contributed by atoms with Crippen LogP contribution in [0.25, 0.3) is 0 Å². The third-order valence-electron chi connectivity index (χ3n) is 4.23. The predicted molar refractivity (Wildman–Crippen MR) is 106 cm³/mol. The molecule has 0 aliphatic rings. The molecule has 7 heteroatoms. The van der Waals surface area contributed by atoms with Gasteiger partial charge in [0.1, 0.15) is 6.04 Å². The zero-order valence-corrected chi connectivity index (χ0v) is 16.5. The van der Waals surface area contributed by atoms with E-state index >= 15 is 0 Å². The van der Waals surface area contributed by atoms with Gasteiger partial charge in [0.15, 0.2) is 0 Å². The van der Waals surface area contributed by atoms with Crippen LogP contribution < -0.4 is 16.4 Å². The molecule has 1 amide bonds. The molecule has 0 unspecified atom stereocenters. The number of thiol groups is 1. The van der Waals surface area contributed by atoms with Crippen molar-refractivity contribution in [2.75, 3.05) is 18.8 Å². The molecule has 2 atom stereocenters. The number of hydrogen-bond acceptors (Lipinski definition) is 5. The SMILES string of the molecule is CCCCCCCCCCN[C@@H](CCCN)C(=O)N[C@@H](CS)C(=O)O. The zero-order valence-electron chi connectivity index (χ0n) is 15.6. The van der Waals surface area contributed by atoms with Crippen LogP contribution in [-0.4, -0.2) is 47.9 Å². The van der Waals surface area contributed by atoms with Gasteiger partial charge in [0.25, 0.3) is 0 Å². The van der Waals surface area contributed by atoms with E-state index in [1.54, 1.807) is 0 Å². The number of carbonyl (C=O) groups excluding carboxylic acids is 1. The van der Waals surface area contributed by atoms with Crippen molar-refractivity contribution in [2.45, 2.75) is 83.2 Å². The summed E-state index contributed by atoms with van der Waals surface area (Å²) >= 11 is 3.97. The quantitative estimate of drug-likeness (QED) is 0.198. The van der Waals surface area contributed by atoms with Gasteiger partial charge in [-0.25, -0.2) is 4.79 Å². The molecule has 0 aromatic heterocycles. The fraction of sp³-hybridized carbons (Fsp3) is 0.889. The highest BCUT2D eigenvalue weighted by Crippen LogP contribution is 2.08. The van der Waals surface area contributed by atoms with Crippen molar-refractivity contribution in [1.82, 2.24) is 10.6 Å². The molecule has 0 aliphatic carbocycles. The van der Waals surface area contributed by atoms with Crippen LogP contribution in [0.15, 0.2) is 0 Å². The normalized spacial score (nSPS) is 13.4. The smallest absolute Gasteiger partial charge is 0.327 e. The van der Waals surface area contributed by atoms with Crippen LogP contribution in [0.2, 0.25) is 0 Å². The lowest BCUT2D eigenvalue weighted by Gasteiger charge is -2.20. The van der Waals surface area contributed by atoms with E-state index in [9.17, 15) is 9.59 Å². The van der Waals surface area contributed by atoms with Gasteiger partial charge in [-0.3, -0.25) is 4.79 Å². The molecule has 0 fully saturated rings. The molecular weight excluding hydrogens is 338 g/mol. The second-order valence-corrected chi connectivity index (χ2v) is 6.86. The first-order chi connectivity index (χ1) is 12.1. The third-order valence-corrected chi connectivity index (χ3v) is 4.60. The number of carboxylic acids is 1. The van der Waals surface area contributed by atoms with Gasteiger partial charge in [-0.2, -0.15) is 12.6 Å². The van der Waals surface area contributed by atoms with Crippen LogP contribution in [0.1, 0.15) is 71.1 Å². The van der Waals surface area contributed by atoms with Gasteiger partial charge in [-0.15, -0.1) is 0 Å². The van der Waals surface area contributed by atoms with E-state index in [2.05, 4.69) is 30.2 Å². The summed E-state index contributed by atoms with van der Waals surface area (Å²) in [5.41, 5.74) is 5.53. The fourth-order valence-corrected chi connectivity index (χ4v) is 2.89. The summed E-state index contributed by atoms with van der Waals surface area (Å²) in [6.45, 7) is 3.49. The molecular formula is C18H37N3O3S. The summed E-state index contributed by atoms with van der Waals surface area (Å²) in [5.74, 6) is -1.28. The van der Waals surface area contributed by atoms with E-state index in [1.807, 2.05) is 0 Å². The first-order valence-corrected chi connectivity index (χ1v) is 10.3. The van der Waals surface area contributed by atoms with Gasteiger partial charge in [0.05, 0.1) is 6.04 Å². The van der Waals surface area contributed by atoms with Crippen molar-refractivity contribution < 1.29 is 14.7 Å². The monoisotopic (exact) mass is 375 g/mol. The predicted octanol–water partition coefficient (Wildman–Crippen LogP) is 2.32. The number of amides is 1. The molecule has 0 bridgehead atoms. The lowest BCUT2D eigenvalue weighted by Crippen LogP contribution is -2.51. The minimum Gasteiger partial charge on any atom is -0.480 e. The average molecular weight is 376 g/mol. The molecule has 0 aromatic carbocycles. The number of unbranched alkanes of at least 4 members (excludes halogenated alkanes) is 7. The molecule has 0 heterocycles. The van der Waals surface area contributed by atoms with Gasteiger partial charge in [-0.05, 0) is 32.4 Å². The molecule has 0 rings (SSSR count). The highest BCUT2D eigenvalue weighted by Gasteiger charge is 2.23. The minimum atomic E-state index is -1.07. The van der Waals surface area contributed by atoms with Crippen LogP contribution in [0.4, 0.5) is 0 Å². The van der Waals surface area contributed by atoms with E-state index < -0.39 is 18.1 Å². The van der Waals surface area contributed by atoms with E-state index in [1.165, 1.54) is 38.5 Å². The molecule has 0 aliphatic heterocycles. The maximum atomic E-state index is 12.3. The van der Waals surface area contributed by atoms with Gasteiger partial charge >= 0.3 is 5.97 Å². The molecule has 25 heavy (non-hydrogen) atoms. The Kier molecular flexibility index (Phi) is 16.1. The van der Waals surface area contributed by atoms with Crippen molar-refractivity contribution in [3.63, 3.8) is 0 Å². The first-order valence-electron chi connectivity index (χ1n) is 9.64. The highest BCUT2D eigenvalue weighted by atomic mass is 32.1. The molecule has 0 radical (unpaired) electrons. The van der Waals surface area contributed by atoms with Gasteiger partial charge < -0.3 is 21.5 Å². The van der Waals surface area contributed by atoms with Crippen LogP contribution >= 0.6 is 12.6 Å². The van der Waals surface area contributed by atoms with Gasteiger partial charge in [0, 0.05) is 5.75 Å². The number of nitrogens with two attached hydrogens (primary N) is 1. The Morgan fingerprint density at radius 3 is 2.12 bits per heavy atom. The van der Waals surface area contributed by atoms with Gasteiger partial charge in [-0.1, -0.05) is 51.9 Å². The van der Waals surface area contributed by atoms with E-state index in [4.69, 9.17) is 10.8 Å². The summed E-state index contributed by atoms with van der Waals surface area (Å²) in [4.78, 5) is 23.3. The number of carbonyl (C=O) groups is 2. The Hall–Kier alpha value is -0.790. The van der Waals surface area contributed by atoms with E-state index in [-0.39, 0.29) is 11.7 Å². The summed E-state index contributed by atoms with van der Waals surface area (Å²) < 4.78 is 0. The Morgan fingerprint density at radius 2 is 1.60 bits per heavy atom. The Labute approximate surface area is 158 Å². The molecule has 0 saturated carbocycles. The second-order valence-electron chi connectivity index (χ2n) is 6.49. The van der Waals surface area contributed by atoms with E-state index in [0.717, 1.165) is 25.8 Å². The van der Waals surface area contributed by atoms with Crippen molar-refractivity contribution >= 4 is 24.5 Å². The number of aliphatic carboxylic acids is 1. The topological polar surface area (TPSA) is 104 Å². The average Bonchev–Trinajstić information content (AvgIpc) is 2.60. The largest absolute Gasteiger partial charge is 0.480 e. The van der Waals surface area contributed by atoms with Crippen LogP contribution in [0, 0.1) is 0 Å². The lowest BCUT2D eigenvalue weighted by atomic mass is 10.1. The Bertz CT molecular complexity index is 356. The van der Waals surface area contributed by atoms with Crippen molar-refractivity contribution in [3.05, 3.63) is 0 Å². The van der Waals surface area contributed by atoms with Crippen molar-refractivity contribution in [1.29, 1.82) is 0 Å². The third kappa shape index (κ3) is 13.1. The summed E-state index contributed by atoms with van der Waals surface area (Å²) in [7, 11) is 0. The number of nitrogens with one attached hydrogen (secondary N) is 2. The Morgan fingerprint density at radius 1 is 1.00 bits per heavy atom. The number of rotatable bonds is 17. The summed E-state index contributed by atoms with van der Waals surface area (Å²) in [6, 6.07) is -1.35. The molecule has 5 N–H and O–H groups in total. The van der Waals surface area contributed by atoms with Crippen LogP contribution in [0.5, 0.6) is 0 Å². The van der Waals surface area contributed by atoms with Crippen LogP contribution in [-0.2, 0) is 9.59 Å². The maximum absolute atomic E-state index is 12.3. The zero-order chi connectivity index (χ0) is 18.9. The number of hydrogen-bond donors (Lipinski definition) is 5. The standard InChI is InChI=1S/C18H37N3O3S/c1-2-3-4-5-6-7-8-9-13-20-15(11-10-12-19)17(22)21-16(14-25)18(23)24/h15-16,20,25H,2-14,19H2,1H3,(H,21,22)(H,23,24)/t15-,16-/m0/s1. The van der Waals surface area contributed by atoms with Crippen molar-refractivity contribution in [2.24, 2.45) is 5.73 Å². The fourth-order valence-electron chi connectivity index (χ4n) is 2.64.